The lowest BCUT2D eigenvalue weighted by Gasteiger charge is -2.25. The molecule has 0 unspecified atom stereocenters. The Labute approximate surface area is 168 Å². The van der Waals surface area contributed by atoms with Crippen molar-refractivity contribution in [3.8, 4) is 0 Å². The van der Waals surface area contributed by atoms with E-state index >= 15 is 0 Å². The number of rotatable bonds is 7. The molecule has 4 amide bonds. The average molecular weight is 409 g/mol. The molecule has 152 valence electrons. The lowest BCUT2D eigenvalue weighted by Crippen LogP contribution is -2.50. The van der Waals surface area contributed by atoms with E-state index in [0.717, 1.165) is 17.7 Å². The highest BCUT2D eigenvalue weighted by molar-refractivity contribution is 7.80. The third kappa shape index (κ3) is 4.94. The van der Waals surface area contributed by atoms with Gasteiger partial charge in [0.15, 0.2) is 5.11 Å². The van der Waals surface area contributed by atoms with Crippen LogP contribution in [0.3, 0.4) is 0 Å². The highest BCUT2D eigenvalue weighted by Gasteiger charge is 2.50. The van der Waals surface area contributed by atoms with Crippen LogP contribution in [0.25, 0.3) is 0 Å². The fraction of sp³-hybridized carbons (Fsp3) is 0.444. The van der Waals surface area contributed by atoms with Crippen molar-refractivity contribution in [2.24, 2.45) is 0 Å². The SMILES string of the molecule is CCCC1(CCC)NC(=O)N(CC(=O)NNC(=S)Nc2ccccc2F)C1=O. The summed E-state index contributed by atoms with van der Waals surface area (Å²) in [6, 6.07) is 5.32. The average Bonchev–Trinajstić information content (AvgIpc) is 2.87. The van der Waals surface area contributed by atoms with E-state index < -0.39 is 35.7 Å². The number of anilines is 1. The minimum Gasteiger partial charge on any atom is -0.329 e. The largest absolute Gasteiger partial charge is 0.329 e. The van der Waals surface area contributed by atoms with E-state index in [1.807, 2.05) is 13.8 Å². The van der Waals surface area contributed by atoms with E-state index in [1.54, 1.807) is 6.07 Å². The topological polar surface area (TPSA) is 103 Å². The number of halogens is 1. The van der Waals surface area contributed by atoms with Gasteiger partial charge in [0.25, 0.3) is 11.8 Å². The van der Waals surface area contributed by atoms with Crippen LogP contribution < -0.4 is 21.5 Å². The maximum Gasteiger partial charge on any atom is 0.325 e. The molecule has 0 saturated carbocycles. The Morgan fingerprint density at radius 2 is 1.82 bits per heavy atom. The predicted octanol–water partition coefficient (Wildman–Crippen LogP) is 2.03. The molecule has 0 spiro atoms. The second-order valence-corrected chi connectivity index (χ2v) is 6.92. The number of hydrogen-bond donors (Lipinski definition) is 4. The molecule has 1 fully saturated rings. The van der Waals surface area contributed by atoms with Crippen molar-refractivity contribution >= 4 is 40.9 Å². The Morgan fingerprint density at radius 3 is 2.43 bits per heavy atom. The van der Waals surface area contributed by atoms with Gasteiger partial charge in [-0.25, -0.2) is 9.18 Å². The molecule has 0 atom stereocenters. The monoisotopic (exact) mass is 409 g/mol. The van der Waals surface area contributed by atoms with E-state index in [0.29, 0.717) is 12.8 Å². The molecule has 1 aliphatic rings. The molecule has 28 heavy (non-hydrogen) atoms. The molecule has 1 aromatic rings. The first kappa shape index (κ1) is 21.5. The summed E-state index contributed by atoms with van der Waals surface area (Å²) in [4.78, 5) is 38.0. The third-order valence-corrected chi connectivity index (χ3v) is 4.54. The van der Waals surface area contributed by atoms with Crippen LogP contribution in [0.2, 0.25) is 0 Å². The number of carbonyl (C=O) groups excluding carboxylic acids is 3. The summed E-state index contributed by atoms with van der Waals surface area (Å²) in [6.07, 6.45) is 2.48. The van der Waals surface area contributed by atoms with Gasteiger partial charge in [-0.1, -0.05) is 38.8 Å². The molecular formula is C18H24FN5O3S. The van der Waals surface area contributed by atoms with Crippen LogP contribution in [0.4, 0.5) is 14.9 Å². The maximum atomic E-state index is 13.6. The van der Waals surface area contributed by atoms with E-state index in [1.165, 1.54) is 18.2 Å². The number of benzene rings is 1. The second kappa shape index (κ2) is 9.45. The number of nitrogens with one attached hydrogen (secondary N) is 4. The van der Waals surface area contributed by atoms with Gasteiger partial charge in [0, 0.05) is 0 Å². The van der Waals surface area contributed by atoms with Crippen molar-refractivity contribution in [2.75, 3.05) is 11.9 Å². The summed E-state index contributed by atoms with van der Waals surface area (Å²) in [6.45, 7) is 3.41. The van der Waals surface area contributed by atoms with Crippen molar-refractivity contribution in [1.82, 2.24) is 21.1 Å². The van der Waals surface area contributed by atoms with Crippen LogP contribution in [0.15, 0.2) is 24.3 Å². The number of amides is 4. The van der Waals surface area contributed by atoms with Crippen LogP contribution in [-0.2, 0) is 9.59 Å². The van der Waals surface area contributed by atoms with Crippen LogP contribution in [0, 0.1) is 5.82 Å². The van der Waals surface area contributed by atoms with Crippen molar-refractivity contribution in [2.45, 2.75) is 45.1 Å². The Hall–Kier alpha value is -2.75. The Morgan fingerprint density at radius 1 is 1.18 bits per heavy atom. The lowest BCUT2D eigenvalue weighted by molar-refractivity contribution is -0.135. The van der Waals surface area contributed by atoms with Crippen molar-refractivity contribution in [3.63, 3.8) is 0 Å². The molecule has 0 aliphatic carbocycles. The molecule has 1 saturated heterocycles. The second-order valence-electron chi connectivity index (χ2n) is 6.51. The van der Waals surface area contributed by atoms with Gasteiger partial charge < -0.3 is 10.6 Å². The smallest absolute Gasteiger partial charge is 0.325 e. The van der Waals surface area contributed by atoms with E-state index in [9.17, 15) is 18.8 Å². The standard InChI is InChI=1S/C18H24FN5O3S/c1-3-9-18(10-4-2)15(26)24(17(27)21-18)11-14(25)22-23-16(28)20-13-8-6-5-7-12(13)19/h5-8H,3-4,9-11H2,1-2H3,(H,21,27)(H,22,25)(H2,20,23,28). The molecule has 1 aromatic carbocycles. The number of carbonyl (C=O) groups is 3. The Balaban J connectivity index is 1.90. The van der Waals surface area contributed by atoms with Crippen molar-refractivity contribution < 1.29 is 18.8 Å². The molecule has 2 rings (SSSR count). The zero-order chi connectivity index (χ0) is 20.7. The minimum absolute atomic E-state index is 0.0398. The van der Waals surface area contributed by atoms with Gasteiger partial charge in [-0.3, -0.25) is 25.3 Å². The zero-order valence-electron chi connectivity index (χ0n) is 15.8. The quantitative estimate of drug-likeness (QED) is 0.312. The summed E-state index contributed by atoms with van der Waals surface area (Å²) >= 11 is 4.99. The van der Waals surface area contributed by atoms with Gasteiger partial charge in [0.1, 0.15) is 17.9 Å². The summed E-state index contributed by atoms with van der Waals surface area (Å²) in [7, 11) is 0. The highest BCUT2D eigenvalue weighted by atomic mass is 32.1. The first-order valence-electron chi connectivity index (χ1n) is 9.07. The highest BCUT2D eigenvalue weighted by Crippen LogP contribution is 2.27. The fourth-order valence-corrected chi connectivity index (χ4v) is 3.32. The Bertz CT molecular complexity index is 767. The summed E-state index contributed by atoms with van der Waals surface area (Å²) < 4.78 is 13.6. The van der Waals surface area contributed by atoms with E-state index in [4.69, 9.17) is 12.2 Å². The molecular weight excluding hydrogens is 385 g/mol. The van der Waals surface area contributed by atoms with Gasteiger partial charge in [-0.2, -0.15) is 0 Å². The molecule has 1 aliphatic heterocycles. The van der Waals surface area contributed by atoms with Crippen molar-refractivity contribution in [3.05, 3.63) is 30.1 Å². The molecule has 10 heteroatoms. The number of urea groups is 1. The summed E-state index contributed by atoms with van der Waals surface area (Å²) in [5.74, 6) is -1.53. The van der Waals surface area contributed by atoms with E-state index in [2.05, 4.69) is 21.5 Å². The van der Waals surface area contributed by atoms with Crippen LogP contribution in [-0.4, -0.2) is 39.9 Å². The molecule has 4 N–H and O–H groups in total. The van der Waals surface area contributed by atoms with Gasteiger partial charge in [-0.05, 0) is 37.2 Å². The Kier molecular flexibility index (Phi) is 7.27. The summed E-state index contributed by atoms with van der Waals surface area (Å²) in [5, 5.41) is 5.29. The molecule has 0 radical (unpaired) electrons. The predicted molar refractivity (Wildman–Crippen MR) is 107 cm³/mol. The van der Waals surface area contributed by atoms with Gasteiger partial charge in [0.2, 0.25) is 0 Å². The van der Waals surface area contributed by atoms with Gasteiger partial charge in [-0.15, -0.1) is 0 Å². The normalized spacial score (nSPS) is 15.2. The van der Waals surface area contributed by atoms with Crippen LogP contribution in [0.5, 0.6) is 0 Å². The maximum absolute atomic E-state index is 13.6. The number of para-hydroxylation sites is 1. The van der Waals surface area contributed by atoms with Crippen LogP contribution in [0.1, 0.15) is 39.5 Å². The molecule has 0 bridgehead atoms. The molecule has 8 nitrogen and oxygen atoms in total. The zero-order valence-corrected chi connectivity index (χ0v) is 16.6. The number of hydrazine groups is 1. The molecule has 1 heterocycles. The number of thiocarbonyl (C=S) groups is 1. The first-order valence-corrected chi connectivity index (χ1v) is 9.48. The van der Waals surface area contributed by atoms with Gasteiger partial charge in [0.05, 0.1) is 5.69 Å². The number of hydrogen-bond acceptors (Lipinski definition) is 4. The first-order chi connectivity index (χ1) is 13.3. The third-order valence-electron chi connectivity index (χ3n) is 4.34. The van der Waals surface area contributed by atoms with Gasteiger partial charge >= 0.3 is 6.03 Å². The van der Waals surface area contributed by atoms with Crippen molar-refractivity contribution in [1.29, 1.82) is 0 Å². The number of imide groups is 1. The number of nitrogens with zero attached hydrogens (tertiary/aromatic N) is 1. The van der Waals surface area contributed by atoms with Crippen LogP contribution >= 0.6 is 12.2 Å². The summed E-state index contributed by atoms with van der Waals surface area (Å²) in [5.41, 5.74) is 3.91. The molecule has 0 aromatic heterocycles. The lowest BCUT2D eigenvalue weighted by atomic mass is 9.88. The minimum atomic E-state index is -0.948. The van der Waals surface area contributed by atoms with E-state index in [-0.39, 0.29) is 10.8 Å². The fourth-order valence-electron chi connectivity index (χ4n) is 3.16.